The number of hydrogen-bond donors (Lipinski definition) is 3. The van der Waals surface area contributed by atoms with Gasteiger partial charge >= 0.3 is 12.1 Å². The smallest absolute Gasteiger partial charge is 0.404 e. The van der Waals surface area contributed by atoms with Crippen LogP contribution in [0.3, 0.4) is 0 Å². The van der Waals surface area contributed by atoms with Crippen LogP contribution >= 0.6 is 0 Å². The second-order valence-corrected chi connectivity index (χ2v) is 5.67. The average molecular weight is 294 g/mol. The van der Waals surface area contributed by atoms with Crippen LogP contribution in [0.5, 0.6) is 0 Å². The molecule has 2 aliphatic rings. The largest absolute Gasteiger partial charge is 0.481 e. The normalized spacial score (nSPS) is 28.8. The van der Waals surface area contributed by atoms with Crippen LogP contribution in [-0.2, 0) is 9.59 Å². The van der Waals surface area contributed by atoms with Gasteiger partial charge in [-0.3, -0.25) is 9.59 Å². The summed E-state index contributed by atoms with van der Waals surface area (Å²) in [6, 6.07) is 0. The van der Waals surface area contributed by atoms with Crippen molar-refractivity contribution in [1.82, 2.24) is 10.6 Å². The minimum absolute atomic E-state index is 0.124. The van der Waals surface area contributed by atoms with Crippen molar-refractivity contribution in [2.45, 2.75) is 43.8 Å². The molecule has 1 heterocycles. The first kappa shape index (κ1) is 15.1. The van der Waals surface area contributed by atoms with E-state index in [2.05, 4.69) is 10.6 Å². The van der Waals surface area contributed by atoms with E-state index < -0.39 is 35.6 Å². The molecule has 0 spiro atoms. The Balaban J connectivity index is 2.15. The van der Waals surface area contributed by atoms with Gasteiger partial charge in [0.2, 0.25) is 5.91 Å². The van der Waals surface area contributed by atoms with Crippen LogP contribution in [0.4, 0.5) is 13.2 Å². The van der Waals surface area contributed by atoms with Gasteiger partial charge in [-0.05, 0) is 32.2 Å². The highest BCUT2D eigenvalue weighted by atomic mass is 19.4. The molecule has 5 nitrogen and oxygen atoms in total. The number of alkyl halides is 3. The number of rotatable bonds is 4. The Hall–Kier alpha value is -1.31. The summed E-state index contributed by atoms with van der Waals surface area (Å²) in [4.78, 5) is 22.9. The van der Waals surface area contributed by atoms with E-state index in [1.807, 2.05) is 0 Å². The first-order valence-electron chi connectivity index (χ1n) is 6.53. The molecule has 0 aromatic rings. The van der Waals surface area contributed by atoms with Crippen molar-refractivity contribution in [2.24, 2.45) is 5.41 Å². The summed E-state index contributed by atoms with van der Waals surface area (Å²) >= 11 is 0. The Morgan fingerprint density at radius 1 is 1.25 bits per heavy atom. The molecule has 2 fully saturated rings. The Morgan fingerprint density at radius 2 is 1.90 bits per heavy atom. The van der Waals surface area contributed by atoms with Crippen LogP contribution in [0, 0.1) is 5.41 Å². The van der Waals surface area contributed by atoms with Crippen molar-refractivity contribution in [3.63, 3.8) is 0 Å². The van der Waals surface area contributed by atoms with E-state index in [0.717, 1.165) is 0 Å². The summed E-state index contributed by atoms with van der Waals surface area (Å²) in [5, 5.41) is 13.8. The lowest BCUT2D eigenvalue weighted by atomic mass is 9.73. The van der Waals surface area contributed by atoms with Crippen molar-refractivity contribution in [3.8, 4) is 0 Å². The standard InChI is InChI=1S/C12H17F3N2O3/c13-12(14,15)11(4-5-16-7-11)9(20)17-10(2-1-3-10)6-8(18)19/h16H,1-7H2,(H,17,20)(H,18,19). The Labute approximate surface area is 113 Å². The van der Waals surface area contributed by atoms with Crippen LogP contribution in [0.1, 0.15) is 32.1 Å². The maximum absolute atomic E-state index is 13.2. The maximum atomic E-state index is 13.2. The number of carboxylic acids is 1. The molecule has 1 unspecified atom stereocenters. The monoisotopic (exact) mass is 294 g/mol. The SMILES string of the molecule is O=C(O)CC1(NC(=O)C2(C(F)(F)F)CCNC2)CCC1. The number of carbonyl (C=O) groups excluding carboxylic acids is 1. The Kier molecular flexibility index (Phi) is 3.70. The molecule has 1 aliphatic heterocycles. The van der Waals surface area contributed by atoms with Gasteiger partial charge in [-0.1, -0.05) is 0 Å². The molecule has 20 heavy (non-hydrogen) atoms. The summed E-state index contributed by atoms with van der Waals surface area (Å²) in [5.74, 6) is -2.22. The van der Waals surface area contributed by atoms with Gasteiger partial charge in [0.1, 0.15) is 0 Å². The maximum Gasteiger partial charge on any atom is 0.404 e. The fourth-order valence-electron chi connectivity index (χ4n) is 2.86. The molecule has 2 rings (SSSR count). The minimum atomic E-state index is -4.64. The van der Waals surface area contributed by atoms with Crippen LogP contribution in [0.15, 0.2) is 0 Å². The second-order valence-electron chi connectivity index (χ2n) is 5.67. The molecule has 0 radical (unpaired) electrons. The zero-order chi connectivity index (χ0) is 15.0. The van der Waals surface area contributed by atoms with Crippen molar-refractivity contribution >= 4 is 11.9 Å². The highest BCUT2D eigenvalue weighted by molar-refractivity contribution is 5.85. The number of carboxylic acid groups (broad SMARTS) is 1. The van der Waals surface area contributed by atoms with Gasteiger partial charge in [-0.15, -0.1) is 0 Å². The summed E-state index contributed by atoms with van der Waals surface area (Å²) < 4.78 is 39.6. The Morgan fingerprint density at radius 3 is 2.25 bits per heavy atom. The van der Waals surface area contributed by atoms with E-state index in [4.69, 9.17) is 5.11 Å². The van der Waals surface area contributed by atoms with Crippen molar-refractivity contribution < 1.29 is 27.9 Å². The van der Waals surface area contributed by atoms with Gasteiger partial charge in [-0.2, -0.15) is 13.2 Å². The van der Waals surface area contributed by atoms with E-state index >= 15 is 0 Å². The number of aliphatic carboxylic acids is 1. The van der Waals surface area contributed by atoms with Crippen molar-refractivity contribution in [3.05, 3.63) is 0 Å². The molecule has 114 valence electrons. The van der Waals surface area contributed by atoms with E-state index in [9.17, 15) is 22.8 Å². The van der Waals surface area contributed by atoms with Gasteiger partial charge in [0, 0.05) is 6.54 Å². The van der Waals surface area contributed by atoms with Crippen LogP contribution < -0.4 is 10.6 Å². The fourth-order valence-corrected chi connectivity index (χ4v) is 2.86. The zero-order valence-corrected chi connectivity index (χ0v) is 10.8. The number of hydrogen-bond acceptors (Lipinski definition) is 3. The average Bonchev–Trinajstić information content (AvgIpc) is 2.74. The second kappa shape index (κ2) is 4.91. The van der Waals surface area contributed by atoms with E-state index in [-0.39, 0.29) is 19.4 Å². The molecule has 0 bridgehead atoms. The highest BCUT2D eigenvalue weighted by Gasteiger charge is 2.62. The first-order valence-corrected chi connectivity index (χ1v) is 6.53. The third-order valence-electron chi connectivity index (χ3n) is 4.31. The van der Waals surface area contributed by atoms with Gasteiger partial charge < -0.3 is 15.7 Å². The molecule has 1 saturated carbocycles. The third-order valence-corrected chi connectivity index (χ3v) is 4.31. The molecule has 8 heteroatoms. The summed E-state index contributed by atoms with van der Waals surface area (Å²) in [5.41, 5.74) is -3.45. The van der Waals surface area contributed by atoms with Gasteiger partial charge in [0.15, 0.2) is 5.41 Å². The molecule has 1 saturated heterocycles. The van der Waals surface area contributed by atoms with E-state index in [1.54, 1.807) is 0 Å². The van der Waals surface area contributed by atoms with E-state index in [1.165, 1.54) is 0 Å². The first-order chi connectivity index (χ1) is 9.21. The van der Waals surface area contributed by atoms with Crippen LogP contribution in [0.2, 0.25) is 0 Å². The van der Waals surface area contributed by atoms with Gasteiger partial charge in [0.25, 0.3) is 0 Å². The van der Waals surface area contributed by atoms with Crippen LogP contribution in [0.25, 0.3) is 0 Å². The summed E-state index contributed by atoms with van der Waals surface area (Å²) in [6.07, 6.45) is -3.76. The molecule has 3 N–H and O–H groups in total. The third kappa shape index (κ3) is 2.48. The molecule has 1 atom stereocenters. The molecule has 0 aromatic heterocycles. The number of nitrogens with one attached hydrogen (secondary N) is 2. The lowest BCUT2D eigenvalue weighted by molar-refractivity contribution is -0.217. The lowest BCUT2D eigenvalue weighted by Gasteiger charge is -2.44. The number of halogens is 3. The lowest BCUT2D eigenvalue weighted by Crippen LogP contribution is -2.61. The van der Waals surface area contributed by atoms with E-state index in [0.29, 0.717) is 19.3 Å². The Bertz CT molecular complexity index is 413. The molecule has 1 aliphatic carbocycles. The minimum Gasteiger partial charge on any atom is -0.481 e. The predicted molar refractivity (Wildman–Crippen MR) is 63.0 cm³/mol. The molecular formula is C12H17F3N2O3. The highest BCUT2D eigenvalue weighted by Crippen LogP contribution is 2.45. The zero-order valence-electron chi connectivity index (χ0n) is 10.8. The van der Waals surface area contributed by atoms with Crippen molar-refractivity contribution in [2.75, 3.05) is 13.1 Å². The quantitative estimate of drug-likeness (QED) is 0.724. The fraction of sp³-hybridized carbons (Fsp3) is 0.833. The molecular weight excluding hydrogens is 277 g/mol. The molecule has 1 amide bonds. The summed E-state index contributed by atoms with van der Waals surface area (Å²) in [7, 11) is 0. The van der Waals surface area contributed by atoms with Gasteiger partial charge in [0.05, 0.1) is 12.0 Å². The number of amides is 1. The number of carbonyl (C=O) groups is 2. The van der Waals surface area contributed by atoms with Crippen molar-refractivity contribution in [1.29, 1.82) is 0 Å². The molecule has 0 aromatic carbocycles. The topological polar surface area (TPSA) is 78.4 Å². The van der Waals surface area contributed by atoms with Gasteiger partial charge in [-0.25, -0.2) is 0 Å². The predicted octanol–water partition coefficient (Wildman–Crippen LogP) is 1.04. The summed E-state index contributed by atoms with van der Waals surface area (Å²) in [6.45, 7) is -0.329. The van der Waals surface area contributed by atoms with Crippen LogP contribution in [-0.4, -0.2) is 41.8 Å².